The lowest BCUT2D eigenvalue weighted by atomic mass is 10.0. The molecule has 3 amide bonds. The minimum absolute atomic E-state index is 0.0630. The summed E-state index contributed by atoms with van der Waals surface area (Å²) in [4.78, 5) is 43.3. The van der Waals surface area contributed by atoms with E-state index in [1.807, 2.05) is 59.5 Å². The van der Waals surface area contributed by atoms with Crippen molar-refractivity contribution in [3.05, 3.63) is 90.0 Å². The van der Waals surface area contributed by atoms with Gasteiger partial charge in [0, 0.05) is 77.8 Å². The number of hydrogen-bond donors (Lipinski definition) is 2. The molecule has 2 N–H and O–H groups in total. The summed E-state index contributed by atoms with van der Waals surface area (Å²) >= 11 is 0. The van der Waals surface area contributed by atoms with Gasteiger partial charge in [0.1, 0.15) is 6.10 Å². The Kier molecular flexibility index (Phi) is 11.6. The van der Waals surface area contributed by atoms with E-state index in [4.69, 9.17) is 4.74 Å². The number of amides is 3. The maximum absolute atomic E-state index is 12.7. The number of piperidine rings is 1. The van der Waals surface area contributed by atoms with Crippen LogP contribution in [0.1, 0.15) is 37.3 Å². The van der Waals surface area contributed by atoms with Crippen LogP contribution in [0, 0.1) is 0 Å². The van der Waals surface area contributed by atoms with Crippen LogP contribution in [-0.2, 0) is 27.3 Å². The van der Waals surface area contributed by atoms with Crippen LogP contribution in [0.4, 0.5) is 10.5 Å². The lowest BCUT2D eigenvalue weighted by Gasteiger charge is -2.34. The highest BCUT2D eigenvalue weighted by Crippen LogP contribution is 2.28. The number of anilines is 1. The monoisotopic (exact) mass is 611 g/mol. The Balaban J connectivity index is 0.941. The topological polar surface area (TPSA) is 94.2 Å². The molecule has 2 aliphatic rings. The number of piperazine rings is 1. The number of likely N-dealkylation sites (tertiary alicyclic amines) is 1. The summed E-state index contributed by atoms with van der Waals surface area (Å²) in [5.74, 6) is 0.214. The first-order valence-electron chi connectivity index (χ1n) is 16.1. The van der Waals surface area contributed by atoms with Gasteiger partial charge in [-0.15, -0.1) is 0 Å². The Hall–Kier alpha value is -4.21. The van der Waals surface area contributed by atoms with Crippen LogP contribution in [0.25, 0.3) is 11.1 Å². The van der Waals surface area contributed by atoms with Crippen molar-refractivity contribution in [2.24, 2.45) is 0 Å². The van der Waals surface area contributed by atoms with Gasteiger partial charge in [-0.1, -0.05) is 72.8 Å². The van der Waals surface area contributed by atoms with Gasteiger partial charge in [0.05, 0.1) is 5.69 Å². The molecule has 2 saturated heterocycles. The summed E-state index contributed by atoms with van der Waals surface area (Å²) in [7, 11) is 0. The molecule has 0 aromatic heterocycles. The van der Waals surface area contributed by atoms with E-state index in [0.717, 1.165) is 87.6 Å². The van der Waals surface area contributed by atoms with E-state index in [0.29, 0.717) is 19.4 Å². The van der Waals surface area contributed by atoms with Crippen LogP contribution in [0.3, 0.4) is 0 Å². The van der Waals surface area contributed by atoms with Crippen molar-refractivity contribution in [1.82, 2.24) is 20.0 Å². The fourth-order valence-electron chi connectivity index (χ4n) is 5.99. The molecule has 5 rings (SSSR count). The van der Waals surface area contributed by atoms with Gasteiger partial charge in [-0.05, 0) is 42.0 Å². The minimum atomic E-state index is -0.428. The minimum Gasteiger partial charge on any atom is -0.446 e. The summed E-state index contributed by atoms with van der Waals surface area (Å²) in [6.07, 6.45) is 2.17. The molecule has 3 aromatic carbocycles. The number of aryl methyl sites for hydroxylation is 1. The second-order valence-corrected chi connectivity index (χ2v) is 11.9. The molecule has 0 spiro atoms. The van der Waals surface area contributed by atoms with Gasteiger partial charge in [0.2, 0.25) is 11.8 Å². The molecule has 0 atom stereocenters. The molecule has 2 aliphatic heterocycles. The molecule has 2 heterocycles. The zero-order chi connectivity index (χ0) is 31.4. The molecule has 0 radical (unpaired) electrons. The molecule has 238 valence electrons. The average Bonchev–Trinajstić information content (AvgIpc) is 3.06. The lowest BCUT2D eigenvalue weighted by Crippen LogP contribution is -2.47. The van der Waals surface area contributed by atoms with Crippen molar-refractivity contribution in [2.45, 2.75) is 45.3 Å². The zero-order valence-electron chi connectivity index (χ0n) is 26.2. The van der Waals surface area contributed by atoms with Gasteiger partial charge in [-0.3, -0.25) is 19.8 Å². The predicted molar refractivity (Wildman–Crippen MR) is 177 cm³/mol. The SMILES string of the molecule is CC(=O)N1CCN(Cc2ccc(CCC(=O)NCCN3CCC(OC(=O)Nc4ccccc4-c4ccccc4)CC3)cc2)CC1. The lowest BCUT2D eigenvalue weighted by molar-refractivity contribution is -0.130. The second kappa shape index (κ2) is 16.2. The third-order valence-electron chi connectivity index (χ3n) is 8.69. The van der Waals surface area contributed by atoms with E-state index in [1.54, 1.807) is 6.92 Å². The Morgan fingerprint density at radius 2 is 1.44 bits per heavy atom. The molecule has 0 bridgehead atoms. The standard InChI is InChI=1S/C36H45N5O4/c1-28(42)41-25-23-40(24-26-41)27-30-13-11-29(12-14-30)15-16-35(43)37-19-22-39-20-17-32(18-21-39)45-36(44)38-34-10-6-5-9-33(34)31-7-3-2-4-8-31/h2-14,32H,15-27H2,1H3,(H,37,43)(H,38,44). The number of carbonyl (C=O) groups is 3. The molecule has 9 nitrogen and oxygen atoms in total. The number of ether oxygens (including phenoxy) is 1. The second-order valence-electron chi connectivity index (χ2n) is 11.9. The van der Waals surface area contributed by atoms with Crippen LogP contribution in [0.5, 0.6) is 0 Å². The van der Waals surface area contributed by atoms with E-state index in [9.17, 15) is 14.4 Å². The van der Waals surface area contributed by atoms with Crippen molar-refractivity contribution in [1.29, 1.82) is 0 Å². The Bertz CT molecular complexity index is 1400. The molecule has 0 unspecified atom stereocenters. The number of carbonyl (C=O) groups excluding carboxylic acids is 3. The molecular formula is C36H45N5O4. The largest absolute Gasteiger partial charge is 0.446 e. The fraction of sp³-hybridized carbons (Fsp3) is 0.417. The third kappa shape index (κ3) is 9.89. The normalized spacial score (nSPS) is 16.2. The highest BCUT2D eigenvalue weighted by molar-refractivity contribution is 5.91. The van der Waals surface area contributed by atoms with E-state index in [2.05, 4.69) is 44.7 Å². The first-order chi connectivity index (χ1) is 21.9. The fourth-order valence-corrected chi connectivity index (χ4v) is 5.99. The summed E-state index contributed by atoms with van der Waals surface area (Å²) in [5.41, 5.74) is 5.14. The Labute approximate surface area is 266 Å². The van der Waals surface area contributed by atoms with Gasteiger partial charge >= 0.3 is 6.09 Å². The number of rotatable bonds is 11. The third-order valence-corrected chi connectivity index (χ3v) is 8.69. The van der Waals surface area contributed by atoms with Crippen molar-refractivity contribution in [2.75, 3.05) is 57.7 Å². The van der Waals surface area contributed by atoms with E-state index in [1.165, 1.54) is 5.56 Å². The maximum atomic E-state index is 12.7. The van der Waals surface area contributed by atoms with Crippen molar-refractivity contribution in [3.8, 4) is 11.1 Å². The summed E-state index contributed by atoms with van der Waals surface area (Å²) in [5, 5.41) is 5.98. The molecular weight excluding hydrogens is 566 g/mol. The molecule has 45 heavy (non-hydrogen) atoms. The number of para-hydroxylation sites is 1. The number of hydrogen-bond acceptors (Lipinski definition) is 6. The van der Waals surface area contributed by atoms with E-state index < -0.39 is 6.09 Å². The summed E-state index contributed by atoms with van der Waals surface area (Å²) in [6.45, 7) is 8.94. The zero-order valence-corrected chi connectivity index (χ0v) is 26.2. The van der Waals surface area contributed by atoms with Crippen LogP contribution in [-0.4, -0.2) is 91.1 Å². The maximum Gasteiger partial charge on any atom is 0.411 e. The van der Waals surface area contributed by atoms with E-state index >= 15 is 0 Å². The Morgan fingerprint density at radius 1 is 0.778 bits per heavy atom. The highest BCUT2D eigenvalue weighted by atomic mass is 16.6. The smallest absolute Gasteiger partial charge is 0.411 e. The van der Waals surface area contributed by atoms with Crippen LogP contribution in [0.2, 0.25) is 0 Å². The van der Waals surface area contributed by atoms with Crippen molar-refractivity contribution in [3.63, 3.8) is 0 Å². The number of nitrogens with zero attached hydrogens (tertiary/aromatic N) is 3. The number of nitrogens with one attached hydrogen (secondary N) is 2. The van der Waals surface area contributed by atoms with Crippen LogP contribution < -0.4 is 10.6 Å². The van der Waals surface area contributed by atoms with Gasteiger partial charge in [-0.25, -0.2) is 4.79 Å². The quantitative estimate of drug-likeness (QED) is 0.324. The van der Waals surface area contributed by atoms with Crippen LogP contribution >= 0.6 is 0 Å². The molecule has 9 heteroatoms. The van der Waals surface area contributed by atoms with Crippen LogP contribution in [0.15, 0.2) is 78.9 Å². The van der Waals surface area contributed by atoms with Gasteiger partial charge < -0.3 is 19.9 Å². The summed E-state index contributed by atoms with van der Waals surface area (Å²) < 4.78 is 5.75. The Morgan fingerprint density at radius 3 is 2.16 bits per heavy atom. The molecule has 0 saturated carbocycles. The van der Waals surface area contributed by atoms with Gasteiger partial charge in [0.15, 0.2) is 0 Å². The van der Waals surface area contributed by atoms with Gasteiger partial charge in [-0.2, -0.15) is 0 Å². The molecule has 2 fully saturated rings. The van der Waals surface area contributed by atoms with E-state index in [-0.39, 0.29) is 17.9 Å². The number of benzene rings is 3. The van der Waals surface area contributed by atoms with Crippen molar-refractivity contribution >= 4 is 23.6 Å². The first kappa shape index (κ1) is 32.2. The molecule has 3 aromatic rings. The average molecular weight is 612 g/mol. The predicted octanol–water partition coefficient (Wildman–Crippen LogP) is 4.78. The molecule has 0 aliphatic carbocycles. The van der Waals surface area contributed by atoms with Gasteiger partial charge in [0.25, 0.3) is 0 Å². The summed E-state index contributed by atoms with van der Waals surface area (Å²) in [6, 6.07) is 26.2. The first-order valence-corrected chi connectivity index (χ1v) is 16.1. The van der Waals surface area contributed by atoms with Crippen molar-refractivity contribution < 1.29 is 19.1 Å². The highest BCUT2D eigenvalue weighted by Gasteiger charge is 2.23.